The predicted molar refractivity (Wildman–Crippen MR) is 115 cm³/mol. The van der Waals surface area contributed by atoms with E-state index in [1.165, 1.54) is 17.6 Å². The highest BCUT2D eigenvalue weighted by molar-refractivity contribution is 5.85. The van der Waals surface area contributed by atoms with Gasteiger partial charge in [0.15, 0.2) is 12.4 Å². The molecule has 2 aliphatic heterocycles. The van der Waals surface area contributed by atoms with E-state index in [4.69, 9.17) is 18.9 Å². The van der Waals surface area contributed by atoms with Gasteiger partial charge in [0.2, 0.25) is 6.29 Å². The molecule has 0 unspecified atom stereocenters. The minimum Gasteiger partial charge on any atom is -0.461 e. The normalized spacial score (nSPS) is 38.7. The van der Waals surface area contributed by atoms with Crippen LogP contribution in [0.1, 0.15) is 6.92 Å². The van der Waals surface area contributed by atoms with Crippen LogP contribution in [0.3, 0.4) is 0 Å². The van der Waals surface area contributed by atoms with Crippen LogP contribution in [0.4, 0.5) is 0 Å². The summed E-state index contributed by atoms with van der Waals surface area (Å²) >= 11 is 0. The van der Waals surface area contributed by atoms with Gasteiger partial charge in [0, 0.05) is 18.5 Å². The molecule has 2 saturated heterocycles. The number of nitrogens with zero attached hydrogens (tertiary/aromatic N) is 1. The van der Waals surface area contributed by atoms with Crippen molar-refractivity contribution in [1.82, 2.24) is 4.57 Å². The molecule has 3 heterocycles. The number of fused-ring (bicyclic) bond motifs is 1. The molecular weight excluding hydrogens is 454 g/mol. The zero-order chi connectivity index (χ0) is 24.7. The number of ether oxygens (including phenoxy) is 4. The van der Waals surface area contributed by atoms with Crippen molar-refractivity contribution in [3.05, 3.63) is 40.7 Å². The number of aliphatic hydroxyl groups excluding tert-OH is 6. The molecule has 12 nitrogen and oxygen atoms in total. The van der Waals surface area contributed by atoms with Crippen molar-refractivity contribution in [2.24, 2.45) is 7.05 Å². The first-order chi connectivity index (χ1) is 16.1. The number of hydrogen-bond acceptors (Lipinski definition) is 11. The minimum absolute atomic E-state index is 0.103. The molecule has 2 fully saturated rings. The highest BCUT2D eigenvalue weighted by Gasteiger charge is 2.50. The van der Waals surface area contributed by atoms with Gasteiger partial charge in [-0.25, -0.2) is 0 Å². The average molecular weight is 483 g/mol. The molecule has 0 amide bonds. The van der Waals surface area contributed by atoms with Crippen molar-refractivity contribution in [1.29, 1.82) is 0 Å². The molecule has 2 aromatic rings. The van der Waals surface area contributed by atoms with E-state index in [-0.39, 0.29) is 11.3 Å². The van der Waals surface area contributed by atoms with E-state index >= 15 is 0 Å². The molecule has 2 aliphatic rings. The Labute approximate surface area is 194 Å². The van der Waals surface area contributed by atoms with Crippen LogP contribution in [0.2, 0.25) is 0 Å². The largest absolute Gasteiger partial charge is 0.461 e. The van der Waals surface area contributed by atoms with Gasteiger partial charge in [-0.1, -0.05) is 12.1 Å². The molecule has 188 valence electrons. The summed E-state index contributed by atoms with van der Waals surface area (Å²) in [5, 5.41) is 61.6. The van der Waals surface area contributed by atoms with Crippen molar-refractivity contribution in [3.8, 4) is 5.75 Å². The molecule has 0 radical (unpaired) electrons. The van der Waals surface area contributed by atoms with Crippen LogP contribution >= 0.6 is 0 Å². The Morgan fingerprint density at radius 1 is 0.941 bits per heavy atom. The molecule has 0 aliphatic carbocycles. The number of hydrogen-bond donors (Lipinski definition) is 6. The summed E-state index contributed by atoms with van der Waals surface area (Å²) in [6.45, 7) is 0.813. The molecule has 0 bridgehead atoms. The summed E-state index contributed by atoms with van der Waals surface area (Å²) < 4.78 is 24.1. The van der Waals surface area contributed by atoms with Crippen molar-refractivity contribution < 1.29 is 49.6 Å². The van der Waals surface area contributed by atoms with Crippen LogP contribution < -0.4 is 10.3 Å². The second kappa shape index (κ2) is 9.85. The average Bonchev–Trinajstić information content (AvgIpc) is 2.83. The maximum absolute atomic E-state index is 12.5. The van der Waals surface area contributed by atoms with Crippen molar-refractivity contribution in [3.63, 3.8) is 0 Å². The first-order valence-corrected chi connectivity index (χ1v) is 10.9. The van der Waals surface area contributed by atoms with E-state index in [1.54, 1.807) is 31.3 Å². The zero-order valence-corrected chi connectivity index (χ0v) is 18.5. The molecule has 34 heavy (non-hydrogen) atoms. The smallest absolute Gasteiger partial charge is 0.254 e. The Balaban J connectivity index is 1.67. The third-order valence-electron chi connectivity index (χ3n) is 6.28. The van der Waals surface area contributed by atoms with E-state index in [1.807, 2.05) is 0 Å². The van der Waals surface area contributed by atoms with Gasteiger partial charge < -0.3 is 54.2 Å². The number of aliphatic hydroxyl groups is 6. The second-order valence-electron chi connectivity index (χ2n) is 8.53. The Morgan fingerprint density at radius 2 is 1.65 bits per heavy atom. The Kier molecular flexibility index (Phi) is 7.24. The van der Waals surface area contributed by atoms with Crippen molar-refractivity contribution in [2.75, 3.05) is 6.61 Å². The first kappa shape index (κ1) is 25.0. The van der Waals surface area contributed by atoms with Crippen molar-refractivity contribution in [2.45, 2.75) is 68.3 Å². The van der Waals surface area contributed by atoms with E-state index in [2.05, 4.69) is 0 Å². The van der Waals surface area contributed by atoms with E-state index in [0.29, 0.717) is 10.9 Å². The number of aryl methyl sites for hydroxylation is 1. The summed E-state index contributed by atoms with van der Waals surface area (Å²) in [5.74, 6) is 0.103. The number of pyridine rings is 1. The van der Waals surface area contributed by atoms with Crippen LogP contribution in [0.5, 0.6) is 5.75 Å². The molecule has 1 aromatic carbocycles. The molecule has 10 atom stereocenters. The number of benzene rings is 1. The molecule has 0 saturated carbocycles. The Hall–Kier alpha value is -2.13. The van der Waals surface area contributed by atoms with Gasteiger partial charge in [0.05, 0.1) is 18.2 Å². The third-order valence-corrected chi connectivity index (χ3v) is 6.28. The van der Waals surface area contributed by atoms with Crippen LogP contribution in [-0.2, 0) is 21.3 Å². The fourth-order valence-electron chi connectivity index (χ4n) is 4.18. The standard InChI is InChI=1S/C22H29NO11/c1-9-15(26)17(28)19(30)21(31-9)34-20-18(29)16(27)13(8-24)33-22(20)32-12-7-14(25)23(2)11-6-4-3-5-10(11)12/h3-7,9,13,15-22,24,26-30H,8H2,1-2H3/t9-,13+,15-,16+,17+,18-,19+,20+,21-,22+/m0/s1. The quantitative estimate of drug-likeness (QED) is 0.266. The number of aromatic nitrogens is 1. The van der Waals surface area contributed by atoms with Gasteiger partial charge in [-0.15, -0.1) is 0 Å². The maximum atomic E-state index is 12.5. The zero-order valence-electron chi connectivity index (χ0n) is 18.5. The van der Waals surface area contributed by atoms with Crippen LogP contribution in [0.15, 0.2) is 35.1 Å². The molecule has 4 rings (SSSR count). The highest BCUT2D eigenvalue weighted by Crippen LogP contribution is 2.32. The summed E-state index contributed by atoms with van der Waals surface area (Å²) in [7, 11) is 1.60. The van der Waals surface area contributed by atoms with Crippen LogP contribution in [0.25, 0.3) is 10.9 Å². The maximum Gasteiger partial charge on any atom is 0.254 e. The van der Waals surface area contributed by atoms with Gasteiger partial charge in [-0.2, -0.15) is 0 Å². The number of para-hydroxylation sites is 1. The lowest BCUT2D eigenvalue weighted by Gasteiger charge is -2.45. The monoisotopic (exact) mass is 483 g/mol. The first-order valence-electron chi connectivity index (χ1n) is 10.9. The molecule has 6 N–H and O–H groups in total. The van der Waals surface area contributed by atoms with Gasteiger partial charge in [-0.05, 0) is 19.1 Å². The number of rotatable bonds is 5. The second-order valence-corrected chi connectivity index (χ2v) is 8.53. The summed E-state index contributed by atoms with van der Waals surface area (Å²) in [6, 6.07) is 8.14. The third kappa shape index (κ3) is 4.44. The van der Waals surface area contributed by atoms with E-state index < -0.39 is 68.0 Å². The van der Waals surface area contributed by atoms with Crippen LogP contribution in [0, 0.1) is 0 Å². The summed E-state index contributed by atoms with van der Waals surface area (Å²) in [4.78, 5) is 12.5. The van der Waals surface area contributed by atoms with Gasteiger partial charge in [0.25, 0.3) is 5.56 Å². The molecule has 0 spiro atoms. The highest BCUT2D eigenvalue weighted by atomic mass is 16.8. The molecule has 12 heteroatoms. The topological polar surface area (TPSA) is 180 Å². The fourth-order valence-corrected chi connectivity index (χ4v) is 4.18. The fraction of sp³-hybridized carbons (Fsp3) is 0.591. The van der Waals surface area contributed by atoms with Crippen molar-refractivity contribution >= 4 is 10.9 Å². The minimum atomic E-state index is -1.68. The lowest BCUT2D eigenvalue weighted by atomic mass is 9.97. The SMILES string of the molecule is C[C@@H]1O[C@@H](O[C@H]2[C@H](Oc3cc(=O)n(C)c4ccccc34)O[C@H](CO)[C@@H](O)[C@@H]2O)[C@H](O)[C@H](O)[C@H]1O. The lowest BCUT2D eigenvalue weighted by Crippen LogP contribution is -2.64. The summed E-state index contributed by atoms with van der Waals surface area (Å²) in [5.41, 5.74) is 0.188. The van der Waals surface area contributed by atoms with Gasteiger partial charge in [0.1, 0.15) is 42.4 Å². The van der Waals surface area contributed by atoms with E-state index in [0.717, 1.165) is 0 Å². The van der Waals surface area contributed by atoms with Gasteiger partial charge >= 0.3 is 0 Å². The lowest BCUT2D eigenvalue weighted by molar-refractivity contribution is -0.354. The van der Waals surface area contributed by atoms with Crippen LogP contribution in [-0.4, -0.2) is 103 Å². The van der Waals surface area contributed by atoms with Gasteiger partial charge in [-0.3, -0.25) is 4.79 Å². The predicted octanol–water partition coefficient (Wildman–Crippen LogP) is -2.43. The Morgan fingerprint density at radius 3 is 2.35 bits per heavy atom. The Bertz CT molecular complexity index is 1060. The molecular formula is C22H29NO11. The van der Waals surface area contributed by atoms with E-state index in [9.17, 15) is 35.4 Å². The summed E-state index contributed by atoms with van der Waals surface area (Å²) in [6.07, 6.45) is -14.5. The molecule has 1 aromatic heterocycles.